The first-order valence-electron chi connectivity index (χ1n) is 6.94. The molecule has 1 saturated heterocycles. The van der Waals surface area contributed by atoms with E-state index in [2.05, 4.69) is 0 Å². The van der Waals surface area contributed by atoms with Crippen molar-refractivity contribution >= 4 is 5.78 Å². The Bertz CT molecular complexity index is 610. The van der Waals surface area contributed by atoms with Gasteiger partial charge in [-0.05, 0) is 24.3 Å². The standard InChI is InChI=1S/C17H17NO3/c18-15-10-20-11-16(15)21-14-8-6-13(7-9-14)17(19)12-4-2-1-3-5-12/h1-9,15-16H,10-11,18H2. The lowest BCUT2D eigenvalue weighted by molar-refractivity contribution is 0.103. The van der Waals surface area contributed by atoms with Gasteiger partial charge in [-0.3, -0.25) is 4.79 Å². The number of rotatable bonds is 4. The third kappa shape index (κ3) is 3.12. The molecule has 0 spiro atoms. The second-order valence-electron chi connectivity index (χ2n) is 5.08. The highest BCUT2D eigenvalue weighted by Crippen LogP contribution is 2.19. The molecular formula is C17H17NO3. The quantitative estimate of drug-likeness (QED) is 0.872. The fourth-order valence-corrected chi connectivity index (χ4v) is 2.29. The topological polar surface area (TPSA) is 61.6 Å². The molecule has 2 unspecified atom stereocenters. The van der Waals surface area contributed by atoms with E-state index < -0.39 is 0 Å². The van der Waals surface area contributed by atoms with Crippen LogP contribution >= 0.6 is 0 Å². The molecule has 4 heteroatoms. The minimum absolute atomic E-state index is 0.00283. The molecule has 0 saturated carbocycles. The monoisotopic (exact) mass is 283 g/mol. The third-order valence-corrected chi connectivity index (χ3v) is 3.51. The molecule has 2 aromatic carbocycles. The summed E-state index contributed by atoms with van der Waals surface area (Å²) in [5.41, 5.74) is 7.19. The zero-order chi connectivity index (χ0) is 14.7. The second-order valence-corrected chi connectivity index (χ2v) is 5.08. The normalized spacial score (nSPS) is 21.2. The van der Waals surface area contributed by atoms with Gasteiger partial charge >= 0.3 is 0 Å². The van der Waals surface area contributed by atoms with Gasteiger partial charge < -0.3 is 15.2 Å². The zero-order valence-electron chi connectivity index (χ0n) is 11.6. The maximum absolute atomic E-state index is 12.3. The molecule has 2 aromatic rings. The van der Waals surface area contributed by atoms with Crippen LogP contribution in [0.5, 0.6) is 5.75 Å². The molecule has 4 nitrogen and oxygen atoms in total. The summed E-state index contributed by atoms with van der Waals surface area (Å²) in [5, 5.41) is 0. The number of carbonyl (C=O) groups is 1. The van der Waals surface area contributed by atoms with E-state index in [-0.39, 0.29) is 17.9 Å². The van der Waals surface area contributed by atoms with Crippen LogP contribution in [0.3, 0.4) is 0 Å². The average molecular weight is 283 g/mol. The van der Waals surface area contributed by atoms with Crippen LogP contribution < -0.4 is 10.5 Å². The van der Waals surface area contributed by atoms with Crippen LogP contribution in [0.2, 0.25) is 0 Å². The molecule has 1 heterocycles. The molecule has 0 aliphatic carbocycles. The van der Waals surface area contributed by atoms with Gasteiger partial charge in [0.05, 0.1) is 19.3 Å². The first-order chi connectivity index (χ1) is 10.2. The fourth-order valence-electron chi connectivity index (χ4n) is 2.29. The maximum atomic E-state index is 12.3. The Morgan fingerprint density at radius 3 is 2.29 bits per heavy atom. The molecule has 108 valence electrons. The Kier molecular flexibility index (Phi) is 3.99. The summed E-state index contributed by atoms with van der Waals surface area (Å²) < 4.78 is 11.0. The van der Waals surface area contributed by atoms with Crippen LogP contribution in [0.25, 0.3) is 0 Å². The van der Waals surface area contributed by atoms with Gasteiger partial charge in [-0.25, -0.2) is 0 Å². The molecule has 21 heavy (non-hydrogen) atoms. The molecule has 0 amide bonds. The van der Waals surface area contributed by atoms with E-state index in [0.29, 0.717) is 30.1 Å². The lowest BCUT2D eigenvalue weighted by Gasteiger charge is -2.16. The van der Waals surface area contributed by atoms with Crippen molar-refractivity contribution in [1.82, 2.24) is 0 Å². The van der Waals surface area contributed by atoms with Crippen LogP contribution in [0.15, 0.2) is 54.6 Å². The van der Waals surface area contributed by atoms with Crippen molar-refractivity contribution in [3.63, 3.8) is 0 Å². The summed E-state index contributed by atoms with van der Waals surface area (Å²) in [6.45, 7) is 1.03. The van der Waals surface area contributed by atoms with Gasteiger partial charge in [0, 0.05) is 11.1 Å². The van der Waals surface area contributed by atoms with Crippen molar-refractivity contribution in [2.45, 2.75) is 12.1 Å². The predicted molar refractivity (Wildman–Crippen MR) is 79.5 cm³/mol. The minimum atomic E-state index is -0.124. The lowest BCUT2D eigenvalue weighted by atomic mass is 10.0. The van der Waals surface area contributed by atoms with E-state index in [0.717, 1.165) is 0 Å². The highest BCUT2D eigenvalue weighted by atomic mass is 16.5. The molecule has 2 N–H and O–H groups in total. The summed E-state index contributed by atoms with van der Waals surface area (Å²) in [6.07, 6.45) is -0.124. The number of nitrogens with two attached hydrogens (primary N) is 1. The Morgan fingerprint density at radius 2 is 1.67 bits per heavy atom. The largest absolute Gasteiger partial charge is 0.486 e. The van der Waals surface area contributed by atoms with Gasteiger partial charge in [-0.15, -0.1) is 0 Å². The van der Waals surface area contributed by atoms with Crippen molar-refractivity contribution in [1.29, 1.82) is 0 Å². The van der Waals surface area contributed by atoms with Gasteiger partial charge in [0.2, 0.25) is 0 Å². The Labute approximate surface area is 123 Å². The number of hydrogen-bond donors (Lipinski definition) is 1. The number of benzene rings is 2. The smallest absolute Gasteiger partial charge is 0.193 e. The highest BCUT2D eigenvalue weighted by Gasteiger charge is 2.26. The molecule has 3 rings (SSSR count). The third-order valence-electron chi connectivity index (χ3n) is 3.51. The summed E-state index contributed by atoms with van der Waals surface area (Å²) >= 11 is 0. The SMILES string of the molecule is NC1COCC1Oc1ccc(C(=O)c2ccccc2)cc1. The van der Waals surface area contributed by atoms with Crippen molar-refractivity contribution in [3.8, 4) is 5.75 Å². The van der Waals surface area contributed by atoms with Crippen LogP contribution in [0, 0.1) is 0 Å². The number of carbonyl (C=O) groups excluding carboxylic acids is 1. The maximum Gasteiger partial charge on any atom is 0.193 e. The molecule has 1 fully saturated rings. The molecule has 0 radical (unpaired) electrons. The Morgan fingerprint density at radius 1 is 1.00 bits per heavy atom. The van der Waals surface area contributed by atoms with Gasteiger partial charge in [0.15, 0.2) is 5.78 Å². The van der Waals surface area contributed by atoms with Gasteiger partial charge in [-0.1, -0.05) is 30.3 Å². The lowest BCUT2D eigenvalue weighted by Crippen LogP contribution is -2.37. The van der Waals surface area contributed by atoms with E-state index in [4.69, 9.17) is 15.2 Å². The van der Waals surface area contributed by atoms with Crippen LogP contribution in [-0.4, -0.2) is 31.1 Å². The number of ketones is 1. The van der Waals surface area contributed by atoms with Crippen molar-refractivity contribution in [2.24, 2.45) is 5.73 Å². The van der Waals surface area contributed by atoms with E-state index in [1.54, 1.807) is 24.3 Å². The summed E-state index contributed by atoms with van der Waals surface area (Å²) in [6, 6.07) is 16.2. The molecule has 2 atom stereocenters. The minimum Gasteiger partial charge on any atom is -0.486 e. The van der Waals surface area contributed by atoms with E-state index in [1.807, 2.05) is 30.3 Å². The van der Waals surface area contributed by atoms with E-state index in [9.17, 15) is 4.79 Å². The average Bonchev–Trinajstić information content (AvgIpc) is 2.93. The van der Waals surface area contributed by atoms with Gasteiger partial charge in [-0.2, -0.15) is 0 Å². The zero-order valence-corrected chi connectivity index (χ0v) is 11.6. The summed E-state index contributed by atoms with van der Waals surface area (Å²) in [4.78, 5) is 12.3. The first kappa shape index (κ1) is 13.8. The highest BCUT2D eigenvalue weighted by molar-refractivity contribution is 6.08. The summed E-state index contributed by atoms with van der Waals surface area (Å²) in [7, 11) is 0. The Hall–Kier alpha value is -2.17. The number of ether oxygens (including phenoxy) is 2. The predicted octanol–water partition coefficient (Wildman–Crippen LogP) is 2.02. The van der Waals surface area contributed by atoms with Gasteiger partial charge in [0.1, 0.15) is 11.9 Å². The molecule has 1 aliphatic heterocycles. The van der Waals surface area contributed by atoms with Crippen molar-refractivity contribution in [2.75, 3.05) is 13.2 Å². The van der Waals surface area contributed by atoms with E-state index >= 15 is 0 Å². The number of hydrogen-bond acceptors (Lipinski definition) is 4. The summed E-state index contributed by atoms with van der Waals surface area (Å²) in [5.74, 6) is 0.702. The van der Waals surface area contributed by atoms with Crippen molar-refractivity contribution < 1.29 is 14.3 Å². The second kappa shape index (κ2) is 6.08. The van der Waals surface area contributed by atoms with Crippen LogP contribution in [0.4, 0.5) is 0 Å². The Balaban J connectivity index is 1.71. The van der Waals surface area contributed by atoms with Crippen LogP contribution in [0.1, 0.15) is 15.9 Å². The molecule has 0 aromatic heterocycles. The fraction of sp³-hybridized carbons (Fsp3) is 0.235. The van der Waals surface area contributed by atoms with E-state index in [1.165, 1.54) is 0 Å². The molecule has 0 bridgehead atoms. The van der Waals surface area contributed by atoms with Gasteiger partial charge in [0.25, 0.3) is 0 Å². The van der Waals surface area contributed by atoms with Crippen LogP contribution in [-0.2, 0) is 4.74 Å². The first-order valence-corrected chi connectivity index (χ1v) is 6.94. The van der Waals surface area contributed by atoms with Crippen molar-refractivity contribution in [3.05, 3.63) is 65.7 Å². The molecular weight excluding hydrogens is 266 g/mol. The molecule has 1 aliphatic rings.